The largest absolute Gasteiger partial charge is 0.377 e. The van der Waals surface area contributed by atoms with E-state index in [9.17, 15) is 0 Å². The lowest BCUT2D eigenvalue weighted by Crippen LogP contribution is -2.44. The summed E-state index contributed by atoms with van der Waals surface area (Å²) in [6.45, 7) is 7.02. The zero-order valence-electron chi connectivity index (χ0n) is 8.81. The van der Waals surface area contributed by atoms with Gasteiger partial charge in [-0.15, -0.1) is 0 Å². The van der Waals surface area contributed by atoms with Crippen molar-refractivity contribution >= 4 is 0 Å². The highest BCUT2D eigenvalue weighted by molar-refractivity contribution is 4.80. The Morgan fingerprint density at radius 1 is 1.54 bits per heavy atom. The van der Waals surface area contributed by atoms with Crippen LogP contribution < -0.4 is 11.1 Å². The third kappa shape index (κ3) is 4.07. The van der Waals surface area contributed by atoms with E-state index < -0.39 is 0 Å². The summed E-state index contributed by atoms with van der Waals surface area (Å²) in [7, 11) is 0. The molecular weight excluding hydrogens is 164 g/mol. The number of ether oxygens (including phenoxy) is 1. The summed E-state index contributed by atoms with van der Waals surface area (Å²) in [6, 6.07) is 0. The van der Waals surface area contributed by atoms with Crippen molar-refractivity contribution in [2.45, 2.75) is 44.8 Å². The molecule has 1 fully saturated rings. The van der Waals surface area contributed by atoms with Crippen LogP contribution in [0.25, 0.3) is 0 Å². The van der Waals surface area contributed by atoms with Crippen molar-refractivity contribution in [1.82, 2.24) is 5.32 Å². The van der Waals surface area contributed by atoms with Crippen molar-refractivity contribution in [3.05, 3.63) is 0 Å². The van der Waals surface area contributed by atoms with Crippen molar-refractivity contribution in [2.75, 3.05) is 19.7 Å². The normalized spacial score (nSPS) is 23.8. The first-order valence-corrected chi connectivity index (χ1v) is 5.21. The summed E-state index contributed by atoms with van der Waals surface area (Å²) in [4.78, 5) is 0. The van der Waals surface area contributed by atoms with Gasteiger partial charge in [0.05, 0.1) is 6.10 Å². The zero-order valence-corrected chi connectivity index (χ0v) is 8.81. The summed E-state index contributed by atoms with van der Waals surface area (Å²) in [5, 5.41) is 3.50. The third-order valence-electron chi connectivity index (χ3n) is 2.60. The Morgan fingerprint density at radius 2 is 2.31 bits per heavy atom. The van der Waals surface area contributed by atoms with Crippen LogP contribution in [0.1, 0.15) is 33.1 Å². The molecule has 13 heavy (non-hydrogen) atoms. The van der Waals surface area contributed by atoms with Crippen molar-refractivity contribution in [2.24, 2.45) is 5.73 Å². The van der Waals surface area contributed by atoms with E-state index in [1.54, 1.807) is 0 Å². The number of nitrogens with two attached hydrogens (primary N) is 1. The minimum absolute atomic E-state index is 0.153. The Labute approximate surface area is 81.0 Å². The van der Waals surface area contributed by atoms with Gasteiger partial charge in [-0.25, -0.2) is 0 Å². The molecule has 0 saturated carbocycles. The van der Waals surface area contributed by atoms with Gasteiger partial charge >= 0.3 is 0 Å². The lowest BCUT2D eigenvalue weighted by molar-refractivity contribution is 0.102. The molecule has 1 saturated heterocycles. The molecule has 0 spiro atoms. The van der Waals surface area contributed by atoms with Crippen LogP contribution in [0.4, 0.5) is 0 Å². The molecule has 0 aromatic rings. The quantitative estimate of drug-likeness (QED) is 0.670. The van der Waals surface area contributed by atoms with Crippen molar-refractivity contribution in [3.8, 4) is 0 Å². The fourth-order valence-corrected chi connectivity index (χ4v) is 1.64. The summed E-state index contributed by atoms with van der Waals surface area (Å²) >= 11 is 0. The van der Waals surface area contributed by atoms with E-state index in [-0.39, 0.29) is 5.54 Å². The Bertz CT molecular complexity index is 142. The highest BCUT2D eigenvalue weighted by Gasteiger charge is 2.20. The van der Waals surface area contributed by atoms with Gasteiger partial charge in [-0.05, 0) is 39.7 Å². The van der Waals surface area contributed by atoms with Crippen molar-refractivity contribution in [3.63, 3.8) is 0 Å². The number of nitrogens with one attached hydrogen (secondary N) is 1. The predicted octanol–water partition coefficient (Wildman–Crippen LogP) is 0.882. The first-order valence-electron chi connectivity index (χ1n) is 5.21. The SMILES string of the molecule is CC(C)(CCN)NCC1CCCO1. The molecule has 0 bridgehead atoms. The van der Waals surface area contributed by atoms with Crippen LogP contribution >= 0.6 is 0 Å². The molecule has 0 radical (unpaired) electrons. The lowest BCUT2D eigenvalue weighted by Gasteiger charge is -2.27. The molecule has 0 aromatic heterocycles. The number of rotatable bonds is 5. The molecule has 3 nitrogen and oxygen atoms in total. The lowest BCUT2D eigenvalue weighted by atomic mass is 10.0. The second kappa shape index (κ2) is 4.94. The molecule has 78 valence electrons. The van der Waals surface area contributed by atoms with Gasteiger partial charge in [-0.2, -0.15) is 0 Å². The first-order chi connectivity index (χ1) is 6.14. The zero-order chi connectivity index (χ0) is 9.73. The van der Waals surface area contributed by atoms with Crippen LogP contribution in [0.15, 0.2) is 0 Å². The smallest absolute Gasteiger partial charge is 0.0700 e. The van der Waals surface area contributed by atoms with Gasteiger partial charge in [0.1, 0.15) is 0 Å². The van der Waals surface area contributed by atoms with Crippen LogP contribution in [0.3, 0.4) is 0 Å². The highest BCUT2D eigenvalue weighted by atomic mass is 16.5. The van der Waals surface area contributed by atoms with Gasteiger partial charge in [0.15, 0.2) is 0 Å². The fraction of sp³-hybridized carbons (Fsp3) is 1.00. The molecule has 1 atom stereocenters. The number of hydrogen-bond acceptors (Lipinski definition) is 3. The average Bonchev–Trinajstić information content (AvgIpc) is 2.52. The van der Waals surface area contributed by atoms with Crippen LogP contribution in [0.5, 0.6) is 0 Å². The third-order valence-corrected chi connectivity index (χ3v) is 2.60. The van der Waals surface area contributed by atoms with E-state index in [0.29, 0.717) is 6.10 Å². The standard InChI is InChI=1S/C10H22N2O/c1-10(2,5-6-11)12-8-9-4-3-7-13-9/h9,12H,3-8,11H2,1-2H3. The Balaban J connectivity index is 2.15. The fourth-order valence-electron chi connectivity index (χ4n) is 1.64. The van der Waals surface area contributed by atoms with E-state index in [0.717, 1.165) is 26.1 Å². The average molecular weight is 186 g/mol. The van der Waals surface area contributed by atoms with E-state index in [2.05, 4.69) is 19.2 Å². The van der Waals surface area contributed by atoms with Crippen LogP contribution in [-0.4, -0.2) is 31.3 Å². The Morgan fingerprint density at radius 3 is 2.85 bits per heavy atom. The molecule has 0 amide bonds. The molecule has 1 aliphatic rings. The molecule has 3 heteroatoms. The van der Waals surface area contributed by atoms with Gasteiger partial charge < -0.3 is 15.8 Å². The topological polar surface area (TPSA) is 47.3 Å². The second-order valence-corrected chi connectivity index (χ2v) is 4.44. The summed E-state index contributed by atoms with van der Waals surface area (Å²) in [5.74, 6) is 0. The molecule has 0 aromatic carbocycles. The molecule has 1 heterocycles. The second-order valence-electron chi connectivity index (χ2n) is 4.44. The minimum Gasteiger partial charge on any atom is -0.377 e. The maximum atomic E-state index is 5.53. The summed E-state index contributed by atoms with van der Waals surface area (Å²) < 4.78 is 5.53. The number of hydrogen-bond donors (Lipinski definition) is 2. The van der Waals surface area contributed by atoms with E-state index in [1.165, 1.54) is 12.8 Å². The van der Waals surface area contributed by atoms with Gasteiger partial charge in [-0.3, -0.25) is 0 Å². The molecule has 3 N–H and O–H groups in total. The Kier molecular flexibility index (Phi) is 4.16. The van der Waals surface area contributed by atoms with E-state index >= 15 is 0 Å². The maximum Gasteiger partial charge on any atom is 0.0700 e. The molecule has 1 aliphatic heterocycles. The van der Waals surface area contributed by atoms with Crippen molar-refractivity contribution in [1.29, 1.82) is 0 Å². The minimum atomic E-state index is 0.153. The molecular formula is C10H22N2O. The van der Waals surface area contributed by atoms with Crippen LogP contribution in [-0.2, 0) is 4.74 Å². The maximum absolute atomic E-state index is 5.53. The summed E-state index contributed by atoms with van der Waals surface area (Å²) in [6.07, 6.45) is 3.85. The van der Waals surface area contributed by atoms with Crippen LogP contribution in [0.2, 0.25) is 0 Å². The highest BCUT2D eigenvalue weighted by Crippen LogP contribution is 2.13. The van der Waals surface area contributed by atoms with Crippen molar-refractivity contribution < 1.29 is 4.74 Å². The van der Waals surface area contributed by atoms with Gasteiger partial charge in [-0.1, -0.05) is 0 Å². The van der Waals surface area contributed by atoms with E-state index in [4.69, 9.17) is 10.5 Å². The van der Waals surface area contributed by atoms with Gasteiger partial charge in [0.2, 0.25) is 0 Å². The monoisotopic (exact) mass is 186 g/mol. The summed E-state index contributed by atoms with van der Waals surface area (Å²) in [5.41, 5.74) is 5.68. The molecule has 1 rings (SSSR count). The van der Waals surface area contributed by atoms with Crippen LogP contribution in [0, 0.1) is 0 Å². The van der Waals surface area contributed by atoms with Gasteiger partial charge in [0, 0.05) is 18.7 Å². The van der Waals surface area contributed by atoms with Gasteiger partial charge in [0.25, 0.3) is 0 Å². The predicted molar refractivity (Wildman–Crippen MR) is 54.7 cm³/mol. The molecule has 0 aliphatic carbocycles. The first kappa shape index (κ1) is 11.0. The Hall–Kier alpha value is -0.120. The van der Waals surface area contributed by atoms with E-state index in [1.807, 2.05) is 0 Å². The molecule has 1 unspecified atom stereocenters.